The van der Waals surface area contributed by atoms with Gasteiger partial charge in [-0.1, -0.05) is 18.2 Å². The van der Waals surface area contributed by atoms with E-state index in [1.165, 1.54) is 0 Å². The molecule has 0 bridgehead atoms. The summed E-state index contributed by atoms with van der Waals surface area (Å²) in [6.07, 6.45) is 0. The van der Waals surface area contributed by atoms with Crippen molar-refractivity contribution in [2.45, 2.75) is 27.3 Å². The topological polar surface area (TPSA) is 47.4 Å². The summed E-state index contributed by atoms with van der Waals surface area (Å²) in [5.41, 5.74) is 4.71. The zero-order valence-corrected chi connectivity index (χ0v) is 16.3. The van der Waals surface area contributed by atoms with Gasteiger partial charge >= 0.3 is 0 Å². The maximum atomic E-state index is 12.8. The van der Waals surface area contributed by atoms with Gasteiger partial charge in [0.1, 0.15) is 5.75 Å². The third-order valence-electron chi connectivity index (χ3n) is 4.60. The van der Waals surface area contributed by atoms with E-state index in [0.29, 0.717) is 18.7 Å². The second-order valence-corrected chi connectivity index (χ2v) is 6.52. The maximum absolute atomic E-state index is 12.8. The number of hydrogen-bond acceptors (Lipinski definition) is 3. The van der Waals surface area contributed by atoms with Crippen molar-refractivity contribution in [2.75, 3.05) is 13.7 Å². The Kier molecular flexibility index (Phi) is 5.60. The van der Waals surface area contributed by atoms with Crippen LogP contribution < -0.4 is 4.74 Å². The molecule has 27 heavy (non-hydrogen) atoms. The van der Waals surface area contributed by atoms with E-state index < -0.39 is 0 Å². The first kappa shape index (κ1) is 18.7. The summed E-state index contributed by atoms with van der Waals surface area (Å²) in [6.45, 7) is 7.08. The molecule has 2 aromatic carbocycles. The Bertz CT molecular complexity index is 915. The van der Waals surface area contributed by atoms with E-state index in [-0.39, 0.29) is 5.91 Å². The lowest BCUT2D eigenvalue weighted by Crippen LogP contribution is -2.26. The number of rotatable bonds is 6. The first-order chi connectivity index (χ1) is 13.0. The molecule has 0 saturated carbocycles. The minimum Gasteiger partial charge on any atom is -0.494 e. The summed E-state index contributed by atoms with van der Waals surface area (Å²) in [5, 5.41) is 4.66. The molecule has 0 aliphatic heterocycles. The van der Waals surface area contributed by atoms with Crippen molar-refractivity contribution in [2.24, 2.45) is 0 Å². The molecule has 0 saturated heterocycles. The predicted octanol–water partition coefficient (Wildman–Crippen LogP) is 4.16. The number of aryl methyl sites for hydroxylation is 1. The molecule has 140 valence electrons. The molecule has 0 fully saturated rings. The van der Waals surface area contributed by atoms with Gasteiger partial charge in [0.25, 0.3) is 5.91 Å². The third kappa shape index (κ3) is 4.03. The Morgan fingerprint density at radius 3 is 2.37 bits per heavy atom. The van der Waals surface area contributed by atoms with E-state index in [1.807, 2.05) is 75.0 Å². The quantitative estimate of drug-likeness (QED) is 0.661. The first-order valence-corrected chi connectivity index (χ1v) is 9.10. The molecule has 0 unspecified atom stereocenters. The van der Waals surface area contributed by atoms with Crippen molar-refractivity contribution >= 4 is 5.91 Å². The van der Waals surface area contributed by atoms with Crippen molar-refractivity contribution in [3.63, 3.8) is 0 Å². The van der Waals surface area contributed by atoms with Crippen molar-refractivity contribution in [3.05, 3.63) is 77.1 Å². The van der Waals surface area contributed by atoms with Gasteiger partial charge in [0.05, 0.1) is 18.0 Å². The minimum absolute atomic E-state index is 0.0238. The van der Waals surface area contributed by atoms with Crippen LogP contribution in [-0.4, -0.2) is 34.2 Å². The van der Waals surface area contributed by atoms with Crippen LogP contribution in [0.4, 0.5) is 0 Å². The Morgan fingerprint density at radius 1 is 1.07 bits per heavy atom. The molecule has 0 radical (unpaired) electrons. The largest absolute Gasteiger partial charge is 0.494 e. The average Bonchev–Trinajstić information content (AvgIpc) is 2.97. The molecule has 3 rings (SSSR count). The predicted molar refractivity (Wildman–Crippen MR) is 106 cm³/mol. The van der Waals surface area contributed by atoms with E-state index >= 15 is 0 Å². The van der Waals surface area contributed by atoms with Crippen LogP contribution in [0.25, 0.3) is 5.69 Å². The van der Waals surface area contributed by atoms with Gasteiger partial charge in [-0.25, -0.2) is 4.68 Å². The van der Waals surface area contributed by atoms with Crippen molar-refractivity contribution in [3.8, 4) is 11.4 Å². The van der Waals surface area contributed by atoms with Gasteiger partial charge < -0.3 is 9.64 Å². The molecular formula is C22H25N3O2. The highest BCUT2D eigenvalue weighted by atomic mass is 16.5. The molecule has 1 amide bonds. The van der Waals surface area contributed by atoms with E-state index in [0.717, 1.165) is 28.4 Å². The monoisotopic (exact) mass is 363 g/mol. The summed E-state index contributed by atoms with van der Waals surface area (Å²) in [7, 11) is 1.82. The lowest BCUT2D eigenvalue weighted by Gasteiger charge is -2.18. The Morgan fingerprint density at radius 2 is 1.74 bits per heavy atom. The molecular weight excluding hydrogens is 338 g/mol. The van der Waals surface area contributed by atoms with Gasteiger partial charge in [-0.15, -0.1) is 0 Å². The number of benzene rings is 2. The zero-order chi connectivity index (χ0) is 19.4. The smallest absolute Gasteiger partial charge is 0.253 e. The van der Waals surface area contributed by atoms with Crippen molar-refractivity contribution < 1.29 is 9.53 Å². The standard InChI is InChI=1S/C22H25N3O2/c1-5-27-20-13-11-18(12-14-20)22(26)24(4)15-21-16(2)23-25(17(21)3)19-9-7-6-8-10-19/h6-14H,5,15H2,1-4H3. The molecule has 0 aliphatic rings. The fourth-order valence-corrected chi connectivity index (χ4v) is 3.11. The van der Waals surface area contributed by atoms with Crippen LogP contribution in [0.2, 0.25) is 0 Å². The Balaban J connectivity index is 1.78. The van der Waals surface area contributed by atoms with Crippen LogP contribution in [0.5, 0.6) is 5.75 Å². The highest BCUT2D eigenvalue weighted by molar-refractivity contribution is 5.94. The zero-order valence-electron chi connectivity index (χ0n) is 16.3. The molecule has 3 aromatic rings. The maximum Gasteiger partial charge on any atom is 0.253 e. The van der Waals surface area contributed by atoms with Gasteiger partial charge in [0.15, 0.2) is 0 Å². The van der Waals surface area contributed by atoms with Crippen LogP contribution >= 0.6 is 0 Å². The average molecular weight is 363 g/mol. The lowest BCUT2D eigenvalue weighted by atomic mass is 10.1. The van der Waals surface area contributed by atoms with E-state index in [4.69, 9.17) is 4.74 Å². The number of nitrogens with zero attached hydrogens (tertiary/aromatic N) is 3. The number of carbonyl (C=O) groups excluding carboxylic acids is 1. The second-order valence-electron chi connectivity index (χ2n) is 6.52. The Labute approximate surface area is 160 Å². The SMILES string of the molecule is CCOc1ccc(C(=O)N(C)Cc2c(C)nn(-c3ccccc3)c2C)cc1. The van der Waals surface area contributed by atoms with Crippen LogP contribution in [0.1, 0.15) is 34.2 Å². The van der Waals surface area contributed by atoms with Crippen LogP contribution in [0, 0.1) is 13.8 Å². The van der Waals surface area contributed by atoms with Gasteiger partial charge in [-0.05, 0) is 57.2 Å². The fourth-order valence-electron chi connectivity index (χ4n) is 3.11. The molecule has 1 aromatic heterocycles. The number of hydrogen-bond donors (Lipinski definition) is 0. The van der Waals surface area contributed by atoms with Gasteiger partial charge in [-0.2, -0.15) is 5.10 Å². The third-order valence-corrected chi connectivity index (χ3v) is 4.60. The highest BCUT2D eigenvalue weighted by Crippen LogP contribution is 2.20. The highest BCUT2D eigenvalue weighted by Gasteiger charge is 2.18. The van der Waals surface area contributed by atoms with Crippen LogP contribution in [0.3, 0.4) is 0 Å². The number of aromatic nitrogens is 2. The summed E-state index contributed by atoms with van der Waals surface area (Å²) in [4.78, 5) is 14.5. The molecule has 1 heterocycles. The minimum atomic E-state index is -0.0238. The number of carbonyl (C=O) groups is 1. The van der Waals surface area contributed by atoms with Crippen LogP contribution in [-0.2, 0) is 6.54 Å². The summed E-state index contributed by atoms with van der Waals surface area (Å²) < 4.78 is 7.37. The first-order valence-electron chi connectivity index (χ1n) is 9.10. The lowest BCUT2D eigenvalue weighted by molar-refractivity contribution is 0.0784. The molecule has 0 aliphatic carbocycles. The van der Waals surface area contributed by atoms with Gasteiger partial charge in [-0.3, -0.25) is 4.79 Å². The van der Waals surface area contributed by atoms with E-state index in [1.54, 1.807) is 17.0 Å². The Hall–Kier alpha value is -3.08. The fraction of sp³-hybridized carbons (Fsp3) is 0.273. The number of ether oxygens (including phenoxy) is 1. The molecule has 0 atom stereocenters. The van der Waals surface area contributed by atoms with Gasteiger partial charge in [0, 0.05) is 30.4 Å². The molecule has 5 heteroatoms. The summed E-state index contributed by atoms with van der Waals surface area (Å²) >= 11 is 0. The summed E-state index contributed by atoms with van der Waals surface area (Å²) in [6, 6.07) is 17.3. The summed E-state index contributed by atoms with van der Waals surface area (Å²) in [5.74, 6) is 0.747. The second kappa shape index (κ2) is 8.08. The molecule has 0 N–H and O–H groups in total. The molecule has 0 spiro atoms. The number of amides is 1. The van der Waals surface area contributed by atoms with E-state index in [2.05, 4.69) is 5.10 Å². The van der Waals surface area contributed by atoms with Crippen LogP contribution in [0.15, 0.2) is 54.6 Å². The van der Waals surface area contributed by atoms with Crippen molar-refractivity contribution in [1.29, 1.82) is 0 Å². The van der Waals surface area contributed by atoms with Crippen molar-refractivity contribution in [1.82, 2.24) is 14.7 Å². The molecule has 5 nitrogen and oxygen atoms in total. The normalized spacial score (nSPS) is 10.7. The van der Waals surface area contributed by atoms with E-state index in [9.17, 15) is 4.79 Å². The number of para-hydroxylation sites is 1. The van der Waals surface area contributed by atoms with Gasteiger partial charge in [0.2, 0.25) is 0 Å².